The SMILES string of the molecule is CCOC(=O)c1c(C2CCNCC2)n[nH]c1C. The molecule has 0 radical (unpaired) electrons. The molecule has 0 bridgehead atoms. The van der Waals surface area contributed by atoms with Gasteiger partial charge in [0.1, 0.15) is 5.56 Å². The third kappa shape index (κ3) is 2.49. The number of aryl methyl sites for hydroxylation is 1. The number of nitrogens with zero attached hydrogens (tertiary/aromatic N) is 1. The van der Waals surface area contributed by atoms with Crippen molar-refractivity contribution in [2.75, 3.05) is 19.7 Å². The van der Waals surface area contributed by atoms with Gasteiger partial charge >= 0.3 is 5.97 Å². The molecule has 1 aliphatic heterocycles. The summed E-state index contributed by atoms with van der Waals surface area (Å²) in [6.07, 6.45) is 2.05. The van der Waals surface area contributed by atoms with Gasteiger partial charge in [0.15, 0.2) is 0 Å². The zero-order valence-corrected chi connectivity index (χ0v) is 10.4. The molecular weight excluding hydrogens is 218 g/mol. The van der Waals surface area contributed by atoms with Crippen LogP contribution in [-0.4, -0.2) is 35.9 Å². The first-order valence-electron chi connectivity index (χ1n) is 6.16. The highest BCUT2D eigenvalue weighted by Gasteiger charge is 2.26. The molecule has 0 atom stereocenters. The summed E-state index contributed by atoms with van der Waals surface area (Å²) >= 11 is 0. The maximum Gasteiger partial charge on any atom is 0.341 e. The summed E-state index contributed by atoms with van der Waals surface area (Å²) in [6.45, 7) is 6.05. The number of esters is 1. The molecule has 0 unspecified atom stereocenters. The van der Waals surface area contributed by atoms with Crippen molar-refractivity contribution in [2.24, 2.45) is 0 Å². The molecule has 0 saturated carbocycles. The van der Waals surface area contributed by atoms with Crippen LogP contribution in [0.1, 0.15) is 47.4 Å². The quantitative estimate of drug-likeness (QED) is 0.779. The maximum absolute atomic E-state index is 11.9. The van der Waals surface area contributed by atoms with Crippen LogP contribution in [0.15, 0.2) is 0 Å². The van der Waals surface area contributed by atoms with Gasteiger partial charge in [-0.25, -0.2) is 4.79 Å². The first kappa shape index (κ1) is 12.1. The number of hydrogen-bond acceptors (Lipinski definition) is 4. The lowest BCUT2D eigenvalue weighted by Gasteiger charge is -2.21. The zero-order chi connectivity index (χ0) is 12.3. The van der Waals surface area contributed by atoms with E-state index in [9.17, 15) is 4.79 Å². The molecule has 1 aromatic rings. The van der Waals surface area contributed by atoms with Crippen molar-refractivity contribution in [1.82, 2.24) is 15.5 Å². The number of ether oxygens (including phenoxy) is 1. The molecule has 0 aliphatic carbocycles. The lowest BCUT2D eigenvalue weighted by Crippen LogP contribution is -2.27. The normalized spacial score (nSPS) is 17.1. The van der Waals surface area contributed by atoms with E-state index in [0.29, 0.717) is 18.1 Å². The topological polar surface area (TPSA) is 67.0 Å². The third-order valence-electron chi connectivity index (χ3n) is 3.18. The van der Waals surface area contributed by atoms with Crippen molar-refractivity contribution < 1.29 is 9.53 Å². The summed E-state index contributed by atoms with van der Waals surface area (Å²) in [6, 6.07) is 0. The molecule has 17 heavy (non-hydrogen) atoms. The Balaban J connectivity index is 2.24. The van der Waals surface area contributed by atoms with Gasteiger partial charge in [0.25, 0.3) is 0 Å². The average molecular weight is 237 g/mol. The monoisotopic (exact) mass is 237 g/mol. The van der Waals surface area contributed by atoms with E-state index in [-0.39, 0.29) is 5.97 Å². The number of piperidine rings is 1. The van der Waals surface area contributed by atoms with E-state index in [1.807, 2.05) is 13.8 Å². The highest BCUT2D eigenvalue weighted by atomic mass is 16.5. The van der Waals surface area contributed by atoms with Crippen molar-refractivity contribution in [3.8, 4) is 0 Å². The fourth-order valence-electron chi connectivity index (χ4n) is 2.30. The van der Waals surface area contributed by atoms with Gasteiger partial charge in [0, 0.05) is 11.6 Å². The number of hydrogen-bond donors (Lipinski definition) is 2. The molecule has 0 amide bonds. The molecule has 5 heteroatoms. The molecule has 2 heterocycles. The molecule has 94 valence electrons. The molecule has 2 N–H and O–H groups in total. The predicted molar refractivity (Wildman–Crippen MR) is 64.1 cm³/mol. The summed E-state index contributed by atoms with van der Waals surface area (Å²) in [5, 5.41) is 10.5. The third-order valence-corrected chi connectivity index (χ3v) is 3.18. The standard InChI is InChI=1S/C12H19N3O2/c1-3-17-12(16)10-8(2)14-15-11(10)9-4-6-13-7-5-9/h9,13H,3-7H2,1-2H3,(H,14,15). The summed E-state index contributed by atoms with van der Waals surface area (Å²) in [5.41, 5.74) is 2.32. The summed E-state index contributed by atoms with van der Waals surface area (Å²) < 4.78 is 5.08. The Morgan fingerprint density at radius 3 is 2.82 bits per heavy atom. The second-order valence-corrected chi connectivity index (χ2v) is 4.35. The Kier molecular flexibility index (Phi) is 3.78. The molecule has 1 fully saturated rings. The van der Waals surface area contributed by atoms with Crippen molar-refractivity contribution in [1.29, 1.82) is 0 Å². The molecule has 1 aliphatic rings. The number of nitrogens with one attached hydrogen (secondary N) is 2. The minimum atomic E-state index is -0.257. The lowest BCUT2D eigenvalue weighted by molar-refractivity contribution is 0.0523. The van der Waals surface area contributed by atoms with Crippen LogP contribution in [0.25, 0.3) is 0 Å². The van der Waals surface area contributed by atoms with E-state index in [1.165, 1.54) is 0 Å². The van der Waals surface area contributed by atoms with Crippen molar-refractivity contribution in [3.63, 3.8) is 0 Å². The van der Waals surface area contributed by atoms with E-state index < -0.39 is 0 Å². The van der Waals surface area contributed by atoms with Crippen LogP contribution in [0.5, 0.6) is 0 Å². The second-order valence-electron chi connectivity index (χ2n) is 4.35. The van der Waals surface area contributed by atoms with Gasteiger partial charge in [0.2, 0.25) is 0 Å². The van der Waals surface area contributed by atoms with Gasteiger partial charge in [-0.2, -0.15) is 5.10 Å². The summed E-state index contributed by atoms with van der Waals surface area (Å²) in [7, 11) is 0. The van der Waals surface area contributed by atoms with Gasteiger partial charge < -0.3 is 10.1 Å². The first-order valence-corrected chi connectivity index (χ1v) is 6.16. The number of carbonyl (C=O) groups is 1. The van der Waals surface area contributed by atoms with Crippen molar-refractivity contribution in [2.45, 2.75) is 32.6 Å². The number of H-pyrrole nitrogens is 1. The van der Waals surface area contributed by atoms with Crippen LogP contribution < -0.4 is 5.32 Å². The predicted octanol–water partition coefficient (Wildman–Crippen LogP) is 1.36. The Labute approximate surface area is 101 Å². The number of aromatic nitrogens is 2. The van der Waals surface area contributed by atoms with Crippen LogP contribution in [0.3, 0.4) is 0 Å². The highest BCUT2D eigenvalue weighted by Crippen LogP contribution is 2.28. The largest absolute Gasteiger partial charge is 0.462 e. The van der Waals surface area contributed by atoms with E-state index in [4.69, 9.17) is 4.74 Å². The molecule has 1 saturated heterocycles. The molecule has 1 aromatic heterocycles. The van der Waals surface area contributed by atoms with Crippen molar-refractivity contribution in [3.05, 3.63) is 17.0 Å². The summed E-state index contributed by atoms with van der Waals surface area (Å²) in [5.74, 6) is 0.105. The molecule has 5 nitrogen and oxygen atoms in total. The van der Waals surface area contributed by atoms with Gasteiger partial charge in [-0.15, -0.1) is 0 Å². The molecule has 0 aromatic carbocycles. The summed E-state index contributed by atoms with van der Waals surface area (Å²) in [4.78, 5) is 11.9. The Morgan fingerprint density at radius 1 is 1.47 bits per heavy atom. The minimum absolute atomic E-state index is 0.257. The zero-order valence-electron chi connectivity index (χ0n) is 10.4. The van der Waals surface area contributed by atoms with Crippen LogP contribution in [0.4, 0.5) is 0 Å². The van der Waals surface area contributed by atoms with Gasteiger partial charge in [0.05, 0.1) is 12.3 Å². The fourth-order valence-corrected chi connectivity index (χ4v) is 2.30. The maximum atomic E-state index is 11.9. The Hall–Kier alpha value is -1.36. The Morgan fingerprint density at radius 2 is 2.18 bits per heavy atom. The minimum Gasteiger partial charge on any atom is -0.462 e. The fraction of sp³-hybridized carbons (Fsp3) is 0.667. The Bertz CT molecular complexity index is 394. The molecular formula is C12H19N3O2. The number of rotatable bonds is 3. The van der Waals surface area contributed by atoms with E-state index in [1.54, 1.807) is 0 Å². The number of aromatic amines is 1. The lowest BCUT2D eigenvalue weighted by atomic mass is 9.91. The molecule has 0 spiro atoms. The van der Waals surface area contributed by atoms with Crippen LogP contribution >= 0.6 is 0 Å². The van der Waals surface area contributed by atoms with E-state index in [0.717, 1.165) is 37.3 Å². The van der Waals surface area contributed by atoms with Crippen molar-refractivity contribution >= 4 is 5.97 Å². The number of carbonyl (C=O) groups excluding carboxylic acids is 1. The highest BCUT2D eigenvalue weighted by molar-refractivity contribution is 5.92. The second kappa shape index (κ2) is 5.31. The van der Waals surface area contributed by atoms with Crippen LogP contribution in [0, 0.1) is 6.92 Å². The van der Waals surface area contributed by atoms with Crippen LogP contribution in [-0.2, 0) is 4.74 Å². The van der Waals surface area contributed by atoms with Gasteiger partial charge in [-0.3, -0.25) is 5.10 Å². The van der Waals surface area contributed by atoms with Gasteiger partial charge in [-0.05, 0) is 39.8 Å². The van der Waals surface area contributed by atoms with Crippen LogP contribution in [0.2, 0.25) is 0 Å². The first-order chi connectivity index (χ1) is 8.24. The average Bonchev–Trinajstić information content (AvgIpc) is 2.73. The van der Waals surface area contributed by atoms with E-state index in [2.05, 4.69) is 15.5 Å². The smallest absolute Gasteiger partial charge is 0.341 e. The molecule has 2 rings (SSSR count). The van der Waals surface area contributed by atoms with E-state index >= 15 is 0 Å². The van der Waals surface area contributed by atoms with Gasteiger partial charge in [-0.1, -0.05) is 0 Å².